The Hall–Kier alpha value is -2.88. The van der Waals surface area contributed by atoms with Crippen LogP contribution in [0.3, 0.4) is 0 Å². The van der Waals surface area contributed by atoms with Crippen LogP contribution in [0.2, 0.25) is 0 Å². The minimum atomic E-state index is -4.05. The average molecular weight is 445 g/mol. The molecule has 0 aliphatic heterocycles. The highest BCUT2D eigenvalue weighted by atomic mass is 32.2. The van der Waals surface area contributed by atoms with Gasteiger partial charge in [-0.1, -0.05) is 18.2 Å². The zero-order chi connectivity index (χ0) is 21.5. The number of sulfonamides is 1. The van der Waals surface area contributed by atoms with Gasteiger partial charge in [-0.2, -0.15) is 0 Å². The summed E-state index contributed by atoms with van der Waals surface area (Å²) in [5, 5.41) is 12.9. The van der Waals surface area contributed by atoms with E-state index in [9.17, 15) is 18.3 Å². The molecule has 0 bridgehead atoms. The number of rotatable bonds is 6. The number of aromatic nitrogens is 1. The molecule has 1 unspecified atom stereocenters. The van der Waals surface area contributed by atoms with Crippen LogP contribution in [0.4, 0.5) is 5.69 Å². The highest BCUT2D eigenvalue weighted by Crippen LogP contribution is 2.42. The van der Waals surface area contributed by atoms with Crippen molar-refractivity contribution in [3.63, 3.8) is 0 Å². The lowest BCUT2D eigenvalue weighted by Gasteiger charge is -2.31. The van der Waals surface area contributed by atoms with Crippen LogP contribution in [0.5, 0.6) is 5.75 Å². The van der Waals surface area contributed by atoms with Crippen LogP contribution in [0.15, 0.2) is 63.6 Å². The molecule has 30 heavy (non-hydrogen) atoms. The minimum absolute atomic E-state index is 0.0929. The van der Waals surface area contributed by atoms with Gasteiger partial charge in [-0.3, -0.25) is 9.10 Å². The first kappa shape index (κ1) is 20.4. The van der Waals surface area contributed by atoms with Gasteiger partial charge >= 0.3 is 0 Å². The second kappa shape index (κ2) is 7.75. The summed E-state index contributed by atoms with van der Waals surface area (Å²) in [6, 6.07) is 12.3. The van der Waals surface area contributed by atoms with Crippen LogP contribution < -0.4 is 14.6 Å². The fourth-order valence-corrected chi connectivity index (χ4v) is 6.04. The van der Waals surface area contributed by atoms with E-state index in [1.807, 2.05) is 0 Å². The molecule has 0 aliphatic carbocycles. The smallest absolute Gasteiger partial charge is 0.266 e. The standard InChI is InChI=1S/C21H20N2O5S2/c1-13(12-24)23(30(26,27)14-6-4-3-5-7-14)19-17(28-2)9-8-16-18(19)15-10-11-29-20(15)21(25)22-16/h3-11,13,24H,12H2,1-2H3,(H,22,25). The topological polar surface area (TPSA) is 99.7 Å². The number of fused-ring (bicyclic) bond motifs is 3. The summed E-state index contributed by atoms with van der Waals surface area (Å²) < 4.78 is 34.6. The fraction of sp³-hybridized carbons (Fsp3) is 0.190. The van der Waals surface area contributed by atoms with Crippen molar-refractivity contribution >= 4 is 48.0 Å². The van der Waals surface area contributed by atoms with Crippen molar-refractivity contribution in [2.75, 3.05) is 18.0 Å². The molecule has 0 saturated heterocycles. The van der Waals surface area contributed by atoms with E-state index in [0.717, 1.165) is 0 Å². The number of aromatic amines is 1. The first-order valence-corrected chi connectivity index (χ1v) is 11.5. The molecule has 9 heteroatoms. The first-order chi connectivity index (χ1) is 14.4. The highest BCUT2D eigenvalue weighted by Gasteiger charge is 2.33. The van der Waals surface area contributed by atoms with E-state index in [1.54, 1.807) is 48.7 Å². The number of pyridine rings is 1. The average Bonchev–Trinajstić information content (AvgIpc) is 3.25. The molecule has 156 valence electrons. The van der Waals surface area contributed by atoms with Gasteiger partial charge in [0.1, 0.15) is 16.1 Å². The van der Waals surface area contributed by atoms with Gasteiger partial charge in [0.05, 0.1) is 30.2 Å². The zero-order valence-corrected chi connectivity index (χ0v) is 18.0. The molecule has 4 aromatic rings. The second-order valence-electron chi connectivity index (χ2n) is 6.80. The fourth-order valence-electron chi connectivity index (χ4n) is 3.55. The monoisotopic (exact) mass is 444 g/mol. The van der Waals surface area contributed by atoms with E-state index in [2.05, 4.69) is 4.98 Å². The maximum Gasteiger partial charge on any atom is 0.266 e. The maximum atomic E-state index is 13.7. The quantitative estimate of drug-likeness (QED) is 0.475. The lowest BCUT2D eigenvalue weighted by atomic mass is 10.1. The molecular weight excluding hydrogens is 424 g/mol. The Morgan fingerprint density at radius 2 is 1.90 bits per heavy atom. The molecule has 0 spiro atoms. The molecule has 1 atom stereocenters. The number of H-pyrrole nitrogens is 1. The number of thiophene rings is 1. The van der Waals surface area contributed by atoms with Gasteiger partial charge < -0.3 is 14.8 Å². The van der Waals surface area contributed by atoms with Crippen molar-refractivity contribution in [3.8, 4) is 5.75 Å². The lowest BCUT2D eigenvalue weighted by molar-refractivity contribution is 0.274. The van der Waals surface area contributed by atoms with Crippen LogP contribution in [-0.4, -0.2) is 38.3 Å². The third-order valence-electron chi connectivity index (χ3n) is 4.93. The number of anilines is 1. The molecule has 2 N–H and O–H groups in total. The summed E-state index contributed by atoms with van der Waals surface area (Å²) >= 11 is 1.28. The van der Waals surface area contributed by atoms with Crippen molar-refractivity contribution in [1.29, 1.82) is 0 Å². The van der Waals surface area contributed by atoms with Crippen molar-refractivity contribution in [2.45, 2.75) is 17.9 Å². The first-order valence-electron chi connectivity index (χ1n) is 9.20. The van der Waals surface area contributed by atoms with E-state index in [1.165, 1.54) is 34.9 Å². The summed E-state index contributed by atoms with van der Waals surface area (Å²) in [5.41, 5.74) is 0.524. The zero-order valence-electron chi connectivity index (χ0n) is 16.3. The van der Waals surface area contributed by atoms with Crippen molar-refractivity contribution < 1.29 is 18.3 Å². The number of nitrogens with zero attached hydrogens (tertiary/aromatic N) is 1. The van der Waals surface area contributed by atoms with Gasteiger partial charge in [0.15, 0.2) is 0 Å². The van der Waals surface area contributed by atoms with Gasteiger partial charge in [0, 0.05) is 10.8 Å². The summed E-state index contributed by atoms with van der Waals surface area (Å²) in [4.78, 5) is 15.4. The maximum absolute atomic E-state index is 13.7. The molecular formula is C21H20N2O5S2. The number of benzene rings is 2. The largest absolute Gasteiger partial charge is 0.495 e. The molecule has 0 radical (unpaired) electrons. The van der Waals surface area contributed by atoms with Crippen LogP contribution in [-0.2, 0) is 10.0 Å². The molecule has 2 aromatic heterocycles. The van der Waals surface area contributed by atoms with Gasteiger partial charge in [0.2, 0.25) is 0 Å². The molecule has 0 amide bonds. The molecule has 2 aromatic carbocycles. The van der Waals surface area contributed by atoms with E-state index >= 15 is 0 Å². The number of ether oxygens (including phenoxy) is 1. The Bertz CT molecular complexity index is 1380. The molecule has 0 saturated carbocycles. The number of hydrogen-bond acceptors (Lipinski definition) is 6. The van der Waals surface area contributed by atoms with Gasteiger partial charge in [-0.05, 0) is 42.6 Å². The minimum Gasteiger partial charge on any atom is -0.495 e. The summed E-state index contributed by atoms with van der Waals surface area (Å²) in [7, 11) is -2.59. The van der Waals surface area contributed by atoms with E-state index in [0.29, 0.717) is 26.7 Å². The van der Waals surface area contributed by atoms with Crippen LogP contribution in [0.1, 0.15) is 6.92 Å². The number of hydrogen-bond donors (Lipinski definition) is 2. The van der Waals surface area contributed by atoms with E-state index in [-0.39, 0.29) is 16.1 Å². The van der Waals surface area contributed by atoms with Gasteiger partial charge in [-0.15, -0.1) is 11.3 Å². The third-order valence-corrected chi connectivity index (χ3v) is 7.78. The predicted molar refractivity (Wildman–Crippen MR) is 119 cm³/mol. The molecule has 0 aliphatic rings. The molecule has 2 heterocycles. The Morgan fingerprint density at radius 3 is 2.57 bits per heavy atom. The van der Waals surface area contributed by atoms with Crippen LogP contribution in [0, 0.1) is 0 Å². The van der Waals surface area contributed by atoms with Crippen LogP contribution in [0.25, 0.3) is 21.0 Å². The van der Waals surface area contributed by atoms with E-state index < -0.39 is 22.7 Å². The van der Waals surface area contributed by atoms with Gasteiger partial charge in [0.25, 0.3) is 15.6 Å². The number of aliphatic hydroxyl groups excluding tert-OH is 1. The Kier molecular flexibility index (Phi) is 5.27. The van der Waals surface area contributed by atoms with Crippen molar-refractivity contribution in [3.05, 3.63) is 64.3 Å². The van der Waals surface area contributed by atoms with Crippen molar-refractivity contribution in [1.82, 2.24) is 4.98 Å². The lowest BCUT2D eigenvalue weighted by Crippen LogP contribution is -2.41. The summed E-state index contributed by atoms with van der Waals surface area (Å²) in [5.74, 6) is 0.321. The summed E-state index contributed by atoms with van der Waals surface area (Å²) in [6.45, 7) is 1.22. The van der Waals surface area contributed by atoms with E-state index in [4.69, 9.17) is 4.74 Å². The van der Waals surface area contributed by atoms with Crippen molar-refractivity contribution in [2.24, 2.45) is 0 Å². The third kappa shape index (κ3) is 3.15. The highest BCUT2D eigenvalue weighted by molar-refractivity contribution is 7.92. The Morgan fingerprint density at radius 1 is 1.17 bits per heavy atom. The Balaban J connectivity index is 2.15. The predicted octanol–water partition coefficient (Wildman–Crippen LogP) is 3.33. The number of aliphatic hydroxyl groups is 1. The number of nitrogens with one attached hydrogen (secondary N) is 1. The second-order valence-corrected chi connectivity index (χ2v) is 9.53. The molecule has 7 nitrogen and oxygen atoms in total. The van der Waals surface area contributed by atoms with Gasteiger partial charge in [-0.25, -0.2) is 8.42 Å². The SMILES string of the molecule is COc1ccc2[nH]c(=O)c3sccc3c2c1N(C(C)CO)S(=O)(=O)c1ccccc1. The number of methoxy groups -OCH3 is 1. The molecule has 0 fully saturated rings. The summed E-state index contributed by atoms with van der Waals surface area (Å²) in [6.07, 6.45) is 0. The Labute approximate surface area is 177 Å². The van der Waals surface area contributed by atoms with Crippen LogP contribution >= 0.6 is 11.3 Å². The molecule has 4 rings (SSSR count). The normalized spacial score (nSPS) is 12.9.